The number of piperazine rings is 1. The smallest absolute Gasteiger partial charge is 0.352 e. The van der Waals surface area contributed by atoms with Gasteiger partial charge in [0.2, 0.25) is 5.88 Å². The van der Waals surface area contributed by atoms with Crippen LogP contribution in [0.1, 0.15) is 30.4 Å². The molecule has 5 rings (SSSR count). The minimum absolute atomic E-state index is 0.224. The number of anilines is 1. The van der Waals surface area contributed by atoms with Gasteiger partial charge in [-0.25, -0.2) is 4.79 Å². The van der Waals surface area contributed by atoms with Crippen molar-refractivity contribution in [3.8, 4) is 17.7 Å². The minimum Gasteiger partial charge on any atom is -0.489 e. The van der Waals surface area contributed by atoms with Gasteiger partial charge in [-0.2, -0.15) is 10.2 Å². The van der Waals surface area contributed by atoms with Gasteiger partial charge in [-0.05, 0) is 37.0 Å². The van der Waals surface area contributed by atoms with E-state index >= 15 is 0 Å². The predicted molar refractivity (Wildman–Crippen MR) is 106 cm³/mol. The summed E-state index contributed by atoms with van der Waals surface area (Å²) >= 11 is 0. The lowest BCUT2D eigenvalue weighted by Crippen LogP contribution is -2.49. The van der Waals surface area contributed by atoms with Gasteiger partial charge in [0.1, 0.15) is 24.2 Å². The van der Waals surface area contributed by atoms with Crippen LogP contribution in [-0.2, 0) is 13.2 Å². The summed E-state index contributed by atoms with van der Waals surface area (Å²) in [6.45, 7) is 3.52. The highest BCUT2D eigenvalue weighted by atomic mass is 16.5. The minimum atomic E-state index is -0.283. The molecular formula is C21H23N5O3. The van der Waals surface area contributed by atoms with Crippen molar-refractivity contribution in [2.24, 2.45) is 0 Å². The normalized spacial score (nSPS) is 20.4. The topological polar surface area (TPSA) is 92.4 Å². The number of hydrogen-bond donors (Lipinski definition) is 1. The van der Waals surface area contributed by atoms with Gasteiger partial charge in [-0.15, -0.1) is 0 Å². The molecule has 2 aliphatic heterocycles. The van der Waals surface area contributed by atoms with Crippen molar-refractivity contribution in [3.63, 3.8) is 0 Å². The van der Waals surface area contributed by atoms with Crippen molar-refractivity contribution in [1.82, 2.24) is 14.9 Å². The van der Waals surface area contributed by atoms with Gasteiger partial charge in [-0.3, -0.25) is 4.57 Å². The molecule has 1 aromatic carbocycles. The Hall–Kier alpha value is -3.05. The molecule has 2 aromatic rings. The van der Waals surface area contributed by atoms with Crippen LogP contribution in [0.3, 0.4) is 0 Å². The molecule has 2 fully saturated rings. The fourth-order valence-corrected chi connectivity index (χ4v) is 4.08. The van der Waals surface area contributed by atoms with E-state index in [1.54, 1.807) is 10.6 Å². The average Bonchev–Trinajstić information content (AvgIpc) is 3.09. The second-order valence-corrected chi connectivity index (χ2v) is 7.80. The number of ether oxygens (including phenoxy) is 2. The van der Waals surface area contributed by atoms with Crippen LogP contribution in [0.5, 0.6) is 11.6 Å². The van der Waals surface area contributed by atoms with E-state index in [-0.39, 0.29) is 24.4 Å². The number of nitrogens with zero attached hydrogens (tertiary/aromatic N) is 4. The predicted octanol–water partition coefficient (Wildman–Crippen LogP) is 1.42. The Labute approximate surface area is 168 Å². The van der Waals surface area contributed by atoms with Crippen LogP contribution in [0.2, 0.25) is 0 Å². The monoisotopic (exact) mass is 393 g/mol. The first kappa shape index (κ1) is 18.0. The molecule has 8 heteroatoms. The van der Waals surface area contributed by atoms with Gasteiger partial charge >= 0.3 is 5.69 Å². The molecule has 0 spiro atoms. The summed E-state index contributed by atoms with van der Waals surface area (Å²) in [5, 5.41) is 12.8. The first-order valence-corrected chi connectivity index (χ1v) is 10.1. The molecule has 150 valence electrons. The van der Waals surface area contributed by atoms with E-state index in [4.69, 9.17) is 9.47 Å². The van der Waals surface area contributed by atoms with E-state index in [1.165, 1.54) is 6.42 Å². The SMILES string of the molecule is N#Cc1cc(COc2cc3n(c(=O)n2)CC2CNCCN32)ccc1OC1CCC1. The zero-order chi connectivity index (χ0) is 19.8. The summed E-state index contributed by atoms with van der Waals surface area (Å²) < 4.78 is 13.4. The van der Waals surface area contributed by atoms with Crippen LogP contribution in [0, 0.1) is 11.3 Å². The van der Waals surface area contributed by atoms with Gasteiger partial charge in [-0.1, -0.05) is 6.07 Å². The van der Waals surface area contributed by atoms with Crippen molar-refractivity contribution in [2.75, 3.05) is 24.5 Å². The molecule has 1 atom stereocenters. The highest BCUT2D eigenvalue weighted by molar-refractivity contribution is 5.48. The van der Waals surface area contributed by atoms with Crippen LogP contribution in [0.15, 0.2) is 29.1 Å². The zero-order valence-corrected chi connectivity index (χ0v) is 16.1. The van der Waals surface area contributed by atoms with Gasteiger partial charge in [0.05, 0.1) is 24.3 Å². The summed E-state index contributed by atoms with van der Waals surface area (Å²) in [5.74, 6) is 1.81. The molecule has 0 radical (unpaired) electrons. The molecule has 29 heavy (non-hydrogen) atoms. The lowest BCUT2D eigenvalue weighted by molar-refractivity contribution is 0.120. The average molecular weight is 393 g/mol. The molecular weight excluding hydrogens is 370 g/mol. The molecule has 0 amide bonds. The van der Waals surface area contributed by atoms with E-state index in [1.807, 2.05) is 18.2 Å². The number of benzene rings is 1. The number of nitrogens with one attached hydrogen (secondary N) is 1. The molecule has 3 aliphatic rings. The zero-order valence-electron chi connectivity index (χ0n) is 16.1. The molecule has 8 nitrogen and oxygen atoms in total. The fourth-order valence-electron chi connectivity index (χ4n) is 4.08. The van der Waals surface area contributed by atoms with Gasteiger partial charge in [0.25, 0.3) is 0 Å². The number of rotatable bonds is 5. The van der Waals surface area contributed by atoms with Crippen LogP contribution in [-0.4, -0.2) is 41.3 Å². The van der Waals surface area contributed by atoms with Crippen molar-refractivity contribution in [2.45, 2.75) is 44.6 Å². The van der Waals surface area contributed by atoms with Crippen LogP contribution >= 0.6 is 0 Å². The number of hydrogen-bond acceptors (Lipinski definition) is 7. The van der Waals surface area contributed by atoms with Crippen molar-refractivity contribution < 1.29 is 9.47 Å². The fraction of sp³-hybridized carbons (Fsp3) is 0.476. The molecule has 3 heterocycles. The van der Waals surface area contributed by atoms with Gasteiger partial charge < -0.3 is 19.7 Å². The molecule has 1 N–H and O–H groups in total. The van der Waals surface area contributed by atoms with Gasteiger partial charge in [0, 0.05) is 25.7 Å². The summed E-state index contributed by atoms with van der Waals surface area (Å²) in [7, 11) is 0. The summed E-state index contributed by atoms with van der Waals surface area (Å²) in [5.41, 5.74) is 1.06. The molecule has 1 aromatic heterocycles. The lowest BCUT2D eigenvalue weighted by Gasteiger charge is -2.31. The van der Waals surface area contributed by atoms with Crippen LogP contribution in [0.25, 0.3) is 0 Å². The summed E-state index contributed by atoms with van der Waals surface area (Å²) in [4.78, 5) is 18.8. The second-order valence-electron chi connectivity index (χ2n) is 7.80. The molecule has 0 bridgehead atoms. The number of nitriles is 1. The molecule has 1 saturated carbocycles. The Balaban J connectivity index is 1.31. The largest absolute Gasteiger partial charge is 0.489 e. The lowest BCUT2D eigenvalue weighted by atomic mass is 9.96. The molecule has 1 aliphatic carbocycles. The quantitative estimate of drug-likeness (QED) is 0.821. The Kier molecular flexibility index (Phi) is 4.60. The third-order valence-electron chi connectivity index (χ3n) is 5.90. The Morgan fingerprint density at radius 3 is 3.00 bits per heavy atom. The van der Waals surface area contributed by atoms with E-state index in [2.05, 4.69) is 21.3 Å². The Morgan fingerprint density at radius 2 is 2.21 bits per heavy atom. The number of fused-ring (bicyclic) bond motifs is 3. The molecule has 1 unspecified atom stereocenters. The van der Waals surface area contributed by atoms with Crippen LogP contribution < -0.4 is 25.4 Å². The standard InChI is InChI=1S/C21H23N5O3/c22-10-15-8-14(4-5-18(15)29-17-2-1-3-17)13-28-19-9-20-25-7-6-23-11-16(25)12-26(20)21(27)24-19/h4-5,8-9,16-17,23H,1-3,6-7,11-13H2. The third-order valence-corrected chi connectivity index (χ3v) is 5.90. The second kappa shape index (κ2) is 7.41. The summed E-state index contributed by atoms with van der Waals surface area (Å²) in [6, 6.07) is 9.82. The van der Waals surface area contributed by atoms with E-state index in [0.29, 0.717) is 23.7 Å². The Bertz CT molecular complexity index is 1020. The third kappa shape index (κ3) is 3.42. The number of aromatic nitrogens is 2. The van der Waals surface area contributed by atoms with Crippen molar-refractivity contribution in [1.29, 1.82) is 5.26 Å². The first-order valence-electron chi connectivity index (χ1n) is 10.1. The maximum Gasteiger partial charge on any atom is 0.352 e. The molecule has 1 saturated heterocycles. The van der Waals surface area contributed by atoms with E-state index in [0.717, 1.165) is 43.9 Å². The van der Waals surface area contributed by atoms with E-state index < -0.39 is 0 Å². The summed E-state index contributed by atoms with van der Waals surface area (Å²) in [6.07, 6.45) is 3.49. The van der Waals surface area contributed by atoms with Crippen LogP contribution in [0.4, 0.5) is 5.82 Å². The maximum absolute atomic E-state index is 12.4. The highest BCUT2D eigenvalue weighted by Crippen LogP contribution is 2.29. The first-order chi connectivity index (χ1) is 14.2. The van der Waals surface area contributed by atoms with E-state index in [9.17, 15) is 10.1 Å². The highest BCUT2D eigenvalue weighted by Gasteiger charge is 2.32. The maximum atomic E-state index is 12.4. The Morgan fingerprint density at radius 1 is 1.31 bits per heavy atom. The van der Waals surface area contributed by atoms with Crippen molar-refractivity contribution in [3.05, 3.63) is 45.9 Å². The van der Waals surface area contributed by atoms with Gasteiger partial charge in [0.15, 0.2) is 0 Å². The van der Waals surface area contributed by atoms with Crippen molar-refractivity contribution >= 4 is 5.82 Å².